The lowest BCUT2D eigenvalue weighted by molar-refractivity contribution is -0.0686. The van der Waals surface area contributed by atoms with Crippen LogP contribution in [0.4, 0.5) is 13.2 Å². The number of halogens is 3. The van der Waals surface area contributed by atoms with E-state index in [0.717, 1.165) is 38.5 Å². The zero-order chi connectivity index (χ0) is 23.1. The molecule has 3 aliphatic rings. The monoisotopic (exact) mass is 449 g/mol. The summed E-state index contributed by atoms with van der Waals surface area (Å²) in [5.41, 5.74) is 5.03. The van der Waals surface area contributed by atoms with Gasteiger partial charge in [0.1, 0.15) is 0 Å². The Morgan fingerprint density at radius 1 is 0.938 bits per heavy atom. The van der Waals surface area contributed by atoms with Crippen molar-refractivity contribution in [2.75, 3.05) is 6.61 Å². The van der Waals surface area contributed by atoms with Gasteiger partial charge in [-0.1, -0.05) is 18.7 Å². The molecule has 8 heteroatoms. The quantitative estimate of drug-likeness (QED) is 0.618. The average molecular weight is 450 g/mol. The van der Waals surface area contributed by atoms with Gasteiger partial charge in [0.25, 0.3) is 5.91 Å². The van der Waals surface area contributed by atoms with Gasteiger partial charge in [0.2, 0.25) is 0 Å². The van der Waals surface area contributed by atoms with Gasteiger partial charge in [-0.2, -0.15) is 13.2 Å². The maximum absolute atomic E-state index is 13.0. The minimum Gasteiger partial charge on any atom is -0.396 e. The molecule has 0 aromatic heterocycles. The molecule has 5 nitrogen and oxygen atoms in total. The van der Waals surface area contributed by atoms with Crippen LogP contribution in [0.25, 0.3) is 5.57 Å². The van der Waals surface area contributed by atoms with E-state index in [1.54, 1.807) is 0 Å². The summed E-state index contributed by atoms with van der Waals surface area (Å²) in [6, 6.07) is 5.95. The van der Waals surface area contributed by atoms with Gasteiger partial charge in [-0.15, -0.1) is 0 Å². The second kappa shape index (κ2) is 10.7. The number of amides is 1. The van der Waals surface area contributed by atoms with Gasteiger partial charge in [0.15, 0.2) is 0 Å². The number of hydrogen-bond acceptors (Lipinski definition) is 4. The molecule has 1 aromatic carbocycles. The van der Waals surface area contributed by atoms with Crippen molar-refractivity contribution in [3.63, 3.8) is 0 Å². The second-order valence-electron chi connectivity index (χ2n) is 8.36. The summed E-state index contributed by atoms with van der Waals surface area (Å²) in [7, 11) is 0. The van der Waals surface area contributed by atoms with E-state index in [9.17, 15) is 23.1 Å². The predicted molar refractivity (Wildman–Crippen MR) is 118 cm³/mol. The topological polar surface area (TPSA) is 64.6 Å². The number of aliphatic hydroxyl groups is 1. The van der Waals surface area contributed by atoms with E-state index in [1.807, 2.05) is 29.5 Å². The first-order valence-corrected chi connectivity index (χ1v) is 10.9. The fourth-order valence-electron chi connectivity index (χ4n) is 4.02. The molecule has 0 unspecified atom stereocenters. The van der Waals surface area contributed by atoms with Crippen molar-refractivity contribution in [3.8, 4) is 0 Å². The SMILES string of the molecule is C1=CNNC=C1.C=C(c1ccc(C(=O)N(C2CCC(CO)CC2)C2CC2)cc1)C(F)(F)F. The smallest absolute Gasteiger partial charge is 0.396 e. The fraction of sp³-hybridized carbons (Fsp3) is 0.458. The normalized spacial score (nSPS) is 22.1. The molecule has 0 saturated heterocycles. The molecule has 4 rings (SSSR count). The summed E-state index contributed by atoms with van der Waals surface area (Å²) in [6.07, 6.45) is 8.50. The molecule has 1 amide bonds. The summed E-state index contributed by atoms with van der Waals surface area (Å²) >= 11 is 0. The number of carbonyl (C=O) groups excluding carboxylic acids is 1. The van der Waals surface area contributed by atoms with E-state index in [1.165, 1.54) is 24.3 Å². The number of benzene rings is 1. The molecule has 1 aromatic rings. The highest BCUT2D eigenvalue weighted by molar-refractivity contribution is 5.95. The van der Waals surface area contributed by atoms with E-state index in [4.69, 9.17) is 0 Å². The molecule has 2 aliphatic carbocycles. The van der Waals surface area contributed by atoms with E-state index >= 15 is 0 Å². The number of allylic oxidation sites excluding steroid dienone is 3. The third-order valence-electron chi connectivity index (χ3n) is 6.02. The van der Waals surface area contributed by atoms with Gasteiger partial charge >= 0.3 is 6.18 Å². The van der Waals surface area contributed by atoms with Crippen LogP contribution in [0.15, 0.2) is 55.4 Å². The van der Waals surface area contributed by atoms with Crippen molar-refractivity contribution < 1.29 is 23.1 Å². The Morgan fingerprint density at radius 3 is 1.78 bits per heavy atom. The first-order chi connectivity index (χ1) is 15.3. The molecule has 3 N–H and O–H groups in total. The van der Waals surface area contributed by atoms with Crippen molar-refractivity contribution in [1.82, 2.24) is 15.8 Å². The Labute approximate surface area is 186 Å². The molecule has 2 saturated carbocycles. The number of nitrogens with zero attached hydrogens (tertiary/aromatic N) is 1. The second-order valence-corrected chi connectivity index (χ2v) is 8.36. The Morgan fingerprint density at radius 2 is 1.41 bits per heavy atom. The molecule has 0 bridgehead atoms. The van der Waals surface area contributed by atoms with Crippen LogP contribution in [-0.2, 0) is 0 Å². The summed E-state index contributed by atoms with van der Waals surface area (Å²) in [6.45, 7) is 3.28. The number of alkyl halides is 3. The standard InChI is InChI=1S/C20H24F3NO2.C4H6N2/c1-13(20(21,22)23)15-4-6-16(7-5-15)19(26)24(18-10-11-18)17-8-2-14(12-25)3-9-17;1-2-4-6-5-3-1/h4-7,14,17-18,25H,1-3,8-12H2;1-6H. The van der Waals surface area contributed by atoms with Crippen molar-refractivity contribution in [3.05, 3.63) is 66.5 Å². The molecule has 0 atom stereocenters. The molecular formula is C24H30F3N3O2. The number of rotatable bonds is 5. The maximum Gasteiger partial charge on any atom is 0.416 e. The van der Waals surface area contributed by atoms with Crippen LogP contribution in [0.3, 0.4) is 0 Å². The van der Waals surface area contributed by atoms with E-state index < -0.39 is 11.7 Å². The van der Waals surface area contributed by atoms with Crippen LogP contribution in [0.1, 0.15) is 54.4 Å². The molecule has 2 fully saturated rings. The lowest BCUT2D eigenvalue weighted by Gasteiger charge is -2.37. The highest BCUT2D eigenvalue weighted by Gasteiger charge is 2.39. The maximum atomic E-state index is 13.0. The van der Waals surface area contributed by atoms with Gasteiger partial charge in [0.05, 0.1) is 5.57 Å². The van der Waals surface area contributed by atoms with Crippen LogP contribution in [0.2, 0.25) is 0 Å². The number of hydrazine groups is 1. The van der Waals surface area contributed by atoms with E-state index in [0.29, 0.717) is 11.5 Å². The third kappa shape index (κ3) is 6.38. The Kier molecular flexibility index (Phi) is 8.01. The lowest BCUT2D eigenvalue weighted by Crippen LogP contribution is -2.44. The number of aliphatic hydroxyl groups excluding tert-OH is 1. The van der Waals surface area contributed by atoms with Crippen LogP contribution in [-0.4, -0.2) is 40.8 Å². The van der Waals surface area contributed by atoms with Crippen LogP contribution < -0.4 is 10.9 Å². The molecule has 32 heavy (non-hydrogen) atoms. The fourth-order valence-corrected chi connectivity index (χ4v) is 4.02. The predicted octanol–water partition coefficient (Wildman–Crippen LogP) is 4.54. The van der Waals surface area contributed by atoms with Gasteiger partial charge in [-0.3, -0.25) is 4.79 Å². The highest BCUT2D eigenvalue weighted by Crippen LogP contribution is 2.37. The van der Waals surface area contributed by atoms with Crippen molar-refractivity contribution in [2.45, 2.75) is 56.8 Å². The average Bonchev–Trinajstić information content (AvgIpc) is 3.65. The first kappa shape index (κ1) is 23.9. The van der Waals surface area contributed by atoms with Gasteiger partial charge in [0, 0.05) is 36.7 Å². The molecule has 1 aliphatic heterocycles. The van der Waals surface area contributed by atoms with Gasteiger partial charge < -0.3 is 20.9 Å². The van der Waals surface area contributed by atoms with Crippen molar-refractivity contribution >= 4 is 11.5 Å². The molecule has 174 valence electrons. The summed E-state index contributed by atoms with van der Waals surface area (Å²) in [5.74, 6) is 0.208. The molecular weight excluding hydrogens is 419 g/mol. The Hall–Kier alpha value is -2.74. The zero-order valence-corrected chi connectivity index (χ0v) is 17.9. The molecule has 1 heterocycles. The number of carbonyl (C=O) groups is 1. The largest absolute Gasteiger partial charge is 0.416 e. The Balaban J connectivity index is 0.000000416. The zero-order valence-electron chi connectivity index (χ0n) is 17.9. The van der Waals surface area contributed by atoms with E-state index in [2.05, 4.69) is 17.4 Å². The molecule has 0 spiro atoms. The van der Waals surface area contributed by atoms with E-state index in [-0.39, 0.29) is 30.2 Å². The van der Waals surface area contributed by atoms with Crippen molar-refractivity contribution in [1.29, 1.82) is 0 Å². The minimum absolute atomic E-state index is 0.0181. The number of nitrogens with one attached hydrogen (secondary N) is 2. The van der Waals surface area contributed by atoms with Crippen molar-refractivity contribution in [2.24, 2.45) is 5.92 Å². The molecule has 0 radical (unpaired) electrons. The van der Waals surface area contributed by atoms with Gasteiger partial charge in [-0.05, 0) is 74.3 Å². The van der Waals surface area contributed by atoms with Crippen LogP contribution in [0.5, 0.6) is 0 Å². The summed E-state index contributed by atoms with van der Waals surface area (Å²) in [5, 5.41) is 9.28. The first-order valence-electron chi connectivity index (χ1n) is 10.9. The van der Waals surface area contributed by atoms with Crippen LogP contribution in [0, 0.1) is 5.92 Å². The van der Waals surface area contributed by atoms with Gasteiger partial charge in [-0.25, -0.2) is 0 Å². The summed E-state index contributed by atoms with van der Waals surface area (Å²) in [4.78, 5) is 14.9. The Bertz CT molecular complexity index is 825. The number of hydrogen-bond donors (Lipinski definition) is 3. The lowest BCUT2D eigenvalue weighted by atomic mass is 9.85. The summed E-state index contributed by atoms with van der Waals surface area (Å²) < 4.78 is 38.2. The van der Waals surface area contributed by atoms with Crippen LogP contribution >= 0.6 is 0 Å². The minimum atomic E-state index is -4.48. The highest BCUT2D eigenvalue weighted by atomic mass is 19.4. The third-order valence-corrected chi connectivity index (χ3v) is 6.02.